The Labute approximate surface area is 139 Å². The van der Waals surface area contributed by atoms with Crippen LogP contribution in [0.5, 0.6) is 0 Å². The fourth-order valence-electron chi connectivity index (χ4n) is 2.56. The summed E-state index contributed by atoms with van der Waals surface area (Å²) in [6, 6.07) is 11.0. The predicted octanol–water partition coefficient (Wildman–Crippen LogP) is 2.69. The molecule has 1 unspecified atom stereocenters. The lowest BCUT2D eigenvalue weighted by Gasteiger charge is -2.12. The first kappa shape index (κ1) is 15.3. The molecule has 2 aromatic rings. The molecule has 0 bridgehead atoms. The number of carbonyl (C=O) groups is 1. The minimum atomic E-state index is -0.162. The molecular formula is C17H15ClN4O. The summed E-state index contributed by atoms with van der Waals surface area (Å²) < 4.78 is 0. The van der Waals surface area contributed by atoms with Gasteiger partial charge in [0.25, 0.3) is 5.91 Å². The number of nitrogens with zero attached hydrogens (tertiary/aromatic N) is 3. The number of likely N-dealkylation sites (tertiary alicyclic amines) is 1. The lowest BCUT2D eigenvalue weighted by atomic mass is 10.1. The second-order valence-corrected chi connectivity index (χ2v) is 5.88. The Morgan fingerprint density at radius 1 is 1.30 bits per heavy atom. The van der Waals surface area contributed by atoms with Gasteiger partial charge in [-0.25, -0.2) is 0 Å². The van der Waals surface area contributed by atoms with E-state index in [1.807, 2.05) is 18.2 Å². The Balaban J connectivity index is 1.66. The molecule has 3 rings (SSSR count). The van der Waals surface area contributed by atoms with Crippen molar-refractivity contribution in [1.29, 1.82) is 5.26 Å². The van der Waals surface area contributed by atoms with Gasteiger partial charge in [0.2, 0.25) is 0 Å². The molecule has 1 aliphatic heterocycles. The van der Waals surface area contributed by atoms with E-state index in [4.69, 9.17) is 16.9 Å². The number of halogens is 1. The van der Waals surface area contributed by atoms with Crippen molar-refractivity contribution >= 4 is 17.5 Å². The molecule has 2 heterocycles. The molecular weight excluding hydrogens is 312 g/mol. The molecule has 23 heavy (non-hydrogen) atoms. The highest BCUT2D eigenvalue weighted by Crippen LogP contribution is 2.19. The van der Waals surface area contributed by atoms with Crippen LogP contribution in [0.3, 0.4) is 0 Å². The number of nitriles is 1. The summed E-state index contributed by atoms with van der Waals surface area (Å²) in [5.41, 5.74) is 2.25. The van der Waals surface area contributed by atoms with Gasteiger partial charge in [-0.1, -0.05) is 23.7 Å². The standard InChI is InChI=1S/C17H15ClN4O/c18-14-4-1-12(2-5-14)16-6-3-13(9-20-16)17(23)21-15-7-8-22(10-15)11-19/h1-6,9,15H,7-8,10H2,(H,21,23). The number of benzene rings is 1. The maximum absolute atomic E-state index is 12.2. The molecule has 1 atom stereocenters. The zero-order chi connectivity index (χ0) is 16.2. The van der Waals surface area contributed by atoms with E-state index >= 15 is 0 Å². The molecule has 1 amide bonds. The van der Waals surface area contributed by atoms with Gasteiger partial charge >= 0.3 is 0 Å². The van der Waals surface area contributed by atoms with Gasteiger partial charge in [0.05, 0.1) is 11.3 Å². The molecule has 1 aliphatic rings. The number of carbonyl (C=O) groups excluding carboxylic acids is 1. The van der Waals surface area contributed by atoms with E-state index in [1.54, 1.807) is 29.3 Å². The van der Waals surface area contributed by atoms with Gasteiger partial charge in [-0.05, 0) is 30.7 Å². The third-order valence-electron chi connectivity index (χ3n) is 3.83. The molecule has 1 fully saturated rings. The number of pyridine rings is 1. The average Bonchev–Trinajstić information content (AvgIpc) is 3.03. The Morgan fingerprint density at radius 2 is 2.09 bits per heavy atom. The van der Waals surface area contributed by atoms with Crippen molar-refractivity contribution in [1.82, 2.24) is 15.2 Å². The highest BCUT2D eigenvalue weighted by Gasteiger charge is 2.23. The highest BCUT2D eigenvalue weighted by molar-refractivity contribution is 6.30. The van der Waals surface area contributed by atoms with Crippen LogP contribution in [0.1, 0.15) is 16.8 Å². The van der Waals surface area contributed by atoms with Crippen LogP contribution in [0.4, 0.5) is 0 Å². The van der Waals surface area contributed by atoms with Gasteiger partial charge in [-0.15, -0.1) is 0 Å². The van der Waals surface area contributed by atoms with Crippen LogP contribution in [-0.4, -0.2) is 34.9 Å². The van der Waals surface area contributed by atoms with Crippen LogP contribution in [0, 0.1) is 11.5 Å². The van der Waals surface area contributed by atoms with Gasteiger partial charge in [0.1, 0.15) is 0 Å². The summed E-state index contributed by atoms with van der Waals surface area (Å²) in [7, 11) is 0. The zero-order valence-corrected chi connectivity index (χ0v) is 13.1. The first-order chi connectivity index (χ1) is 11.2. The van der Waals surface area contributed by atoms with Gasteiger partial charge in [0, 0.05) is 35.9 Å². The molecule has 1 saturated heterocycles. The highest BCUT2D eigenvalue weighted by atomic mass is 35.5. The van der Waals surface area contributed by atoms with Crippen LogP contribution < -0.4 is 5.32 Å². The van der Waals surface area contributed by atoms with E-state index in [1.165, 1.54) is 0 Å². The van der Waals surface area contributed by atoms with Crippen molar-refractivity contribution in [2.45, 2.75) is 12.5 Å². The van der Waals surface area contributed by atoms with Crippen molar-refractivity contribution in [3.05, 3.63) is 53.2 Å². The minimum Gasteiger partial charge on any atom is -0.347 e. The summed E-state index contributed by atoms with van der Waals surface area (Å²) >= 11 is 5.87. The second kappa shape index (κ2) is 6.67. The summed E-state index contributed by atoms with van der Waals surface area (Å²) in [4.78, 5) is 18.2. The van der Waals surface area contributed by atoms with Crippen molar-refractivity contribution in [3.63, 3.8) is 0 Å². The largest absolute Gasteiger partial charge is 0.347 e. The number of hydrogen-bond donors (Lipinski definition) is 1. The molecule has 0 radical (unpaired) electrons. The fourth-order valence-corrected chi connectivity index (χ4v) is 2.68. The number of nitrogens with one attached hydrogen (secondary N) is 1. The molecule has 116 valence electrons. The monoisotopic (exact) mass is 326 g/mol. The first-order valence-electron chi connectivity index (χ1n) is 7.33. The molecule has 0 saturated carbocycles. The number of hydrogen-bond acceptors (Lipinski definition) is 4. The van der Waals surface area contributed by atoms with E-state index in [0.717, 1.165) is 17.7 Å². The van der Waals surface area contributed by atoms with E-state index in [-0.39, 0.29) is 11.9 Å². The topological polar surface area (TPSA) is 69.0 Å². The Hall–Kier alpha value is -2.58. The first-order valence-corrected chi connectivity index (χ1v) is 7.71. The van der Waals surface area contributed by atoms with Crippen molar-refractivity contribution < 1.29 is 4.79 Å². The van der Waals surface area contributed by atoms with Crippen molar-refractivity contribution in [2.24, 2.45) is 0 Å². The van der Waals surface area contributed by atoms with Crippen LogP contribution in [-0.2, 0) is 0 Å². The maximum atomic E-state index is 12.2. The molecule has 0 spiro atoms. The smallest absolute Gasteiger partial charge is 0.253 e. The molecule has 6 heteroatoms. The SMILES string of the molecule is N#CN1CCC(NC(=O)c2ccc(-c3ccc(Cl)cc3)nc2)C1. The van der Waals surface area contributed by atoms with Gasteiger partial charge in [0.15, 0.2) is 6.19 Å². The summed E-state index contributed by atoms with van der Waals surface area (Å²) in [6.45, 7) is 1.26. The van der Waals surface area contributed by atoms with E-state index in [0.29, 0.717) is 23.7 Å². The van der Waals surface area contributed by atoms with Crippen LogP contribution in [0.15, 0.2) is 42.6 Å². The molecule has 1 N–H and O–H groups in total. The molecule has 1 aromatic carbocycles. The van der Waals surface area contributed by atoms with Gasteiger partial charge in [-0.3, -0.25) is 9.78 Å². The Bertz CT molecular complexity index is 737. The lowest BCUT2D eigenvalue weighted by Crippen LogP contribution is -2.36. The van der Waals surface area contributed by atoms with Gasteiger partial charge in [-0.2, -0.15) is 5.26 Å². The van der Waals surface area contributed by atoms with E-state index in [2.05, 4.69) is 16.5 Å². The number of rotatable bonds is 3. The third kappa shape index (κ3) is 3.61. The van der Waals surface area contributed by atoms with E-state index in [9.17, 15) is 4.79 Å². The predicted molar refractivity (Wildman–Crippen MR) is 87.7 cm³/mol. The quantitative estimate of drug-likeness (QED) is 0.880. The number of aromatic nitrogens is 1. The summed E-state index contributed by atoms with van der Waals surface area (Å²) in [5.74, 6) is -0.162. The maximum Gasteiger partial charge on any atom is 0.253 e. The second-order valence-electron chi connectivity index (χ2n) is 5.44. The zero-order valence-electron chi connectivity index (χ0n) is 12.4. The van der Waals surface area contributed by atoms with Crippen LogP contribution in [0.2, 0.25) is 5.02 Å². The van der Waals surface area contributed by atoms with E-state index < -0.39 is 0 Å². The third-order valence-corrected chi connectivity index (χ3v) is 4.08. The Morgan fingerprint density at radius 3 is 2.70 bits per heavy atom. The fraction of sp³-hybridized carbons (Fsp3) is 0.235. The van der Waals surface area contributed by atoms with Crippen molar-refractivity contribution in [3.8, 4) is 17.5 Å². The average molecular weight is 327 g/mol. The van der Waals surface area contributed by atoms with Crippen LogP contribution >= 0.6 is 11.6 Å². The van der Waals surface area contributed by atoms with Crippen molar-refractivity contribution in [2.75, 3.05) is 13.1 Å². The van der Waals surface area contributed by atoms with Crippen LogP contribution in [0.25, 0.3) is 11.3 Å². The van der Waals surface area contributed by atoms with Gasteiger partial charge < -0.3 is 10.2 Å². The molecule has 0 aliphatic carbocycles. The normalized spacial score (nSPS) is 16.9. The minimum absolute atomic E-state index is 0.0121. The Kier molecular flexibility index (Phi) is 4.45. The number of amides is 1. The summed E-state index contributed by atoms with van der Waals surface area (Å²) in [6.07, 6.45) is 4.45. The molecule has 5 nitrogen and oxygen atoms in total. The summed E-state index contributed by atoms with van der Waals surface area (Å²) in [5, 5.41) is 12.4. The lowest BCUT2D eigenvalue weighted by molar-refractivity contribution is 0.0938. The molecule has 1 aromatic heterocycles.